The van der Waals surface area contributed by atoms with E-state index in [4.69, 9.17) is 9.97 Å². The number of aromatic nitrogens is 4. The van der Waals surface area contributed by atoms with Crippen molar-refractivity contribution in [3.8, 4) is 34.0 Å². The van der Waals surface area contributed by atoms with Gasteiger partial charge in [0.25, 0.3) is 0 Å². The molecule has 0 fully saturated rings. The minimum atomic E-state index is 0.714. The van der Waals surface area contributed by atoms with Crippen molar-refractivity contribution in [3.05, 3.63) is 170 Å². The molecule has 0 aliphatic carbocycles. The van der Waals surface area contributed by atoms with Gasteiger partial charge in [0.15, 0.2) is 5.82 Å². The van der Waals surface area contributed by atoms with E-state index in [1.54, 1.807) is 0 Å². The molecule has 0 bridgehead atoms. The van der Waals surface area contributed by atoms with E-state index in [2.05, 4.69) is 173 Å². The standard InChI is InChI=1S/C44H28N4/c1-2-12-34(13-3-1)47-27-26-30-22-25-37-36-14-7-9-17-40(36)48(43(37)42(30)47)35-23-20-31(21-24-35)44-45-39-16-8-6-15-38(39)41(46-44)33-19-18-29-10-4-5-11-32(29)28-33/h1-28H. The van der Waals surface area contributed by atoms with Gasteiger partial charge >= 0.3 is 0 Å². The molecule has 0 N–H and O–H groups in total. The Morgan fingerprint density at radius 1 is 0.417 bits per heavy atom. The third kappa shape index (κ3) is 4.10. The van der Waals surface area contributed by atoms with Gasteiger partial charge in [0.05, 0.1) is 27.8 Å². The molecule has 10 rings (SSSR count). The number of para-hydroxylation sites is 3. The maximum atomic E-state index is 5.20. The van der Waals surface area contributed by atoms with E-state index in [1.807, 2.05) is 6.07 Å². The monoisotopic (exact) mass is 612 g/mol. The second kappa shape index (κ2) is 10.5. The van der Waals surface area contributed by atoms with Crippen LogP contribution in [0.1, 0.15) is 0 Å². The minimum absolute atomic E-state index is 0.714. The largest absolute Gasteiger partial charge is 0.315 e. The van der Waals surface area contributed by atoms with Crippen LogP contribution in [0.3, 0.4) is 0 Å². The fourth-order valence-electron chi connectivity index (χ4n) is 7.27. The van der Waals surface area contributed by atoms with E-state index in [0.29, 0.717) is 5.82 Å². The fraction of sp³-hybridized carbons (Fsp3) is 0. The molecule has 10 aromatic rings. The first-order valence-electron chi connectivity index (χ1n) is 16.3. The van der Waals surface area contributed by atoms with Crippen molar-refractivity contribution >= 4 is 54.4 Å². The van der Waals surface area contributed by atoms with Crippen LogP contribution in [-0.4, -0.2) is 19.1 Å². The van der Waals surface area contributed by atoms with Gasteiger partial charge in [0.1, 0.15) is 0 Å². The van der Waals surface area contributed by atoms with E-state index in [-0.39, 0.29) is 0 Å². The Labute approximate surface area is 276 Å². The van der Waals surface area contributed by atoms with Crippen molar-refractivity contribution in [2.75, 3.05) is 0 Å². The maximum absolute atomic E-state index is 5.20. The number of rotatable bonds is 4. The van der Waals surface area contributed by atoms with Gasteiger partial charge < -0.3 is 9.13 Å². The Kier molecular flexibility index (Phi) is 5.84. The molecule has 224 valence electrons. The highest BCUT2D eigenvalue weighted by molar-refractivity contribution is 6.18. The molecule has 0 unspecified atom stereocenters. The van der Waals surface area contributed by atoms with Gasteiger partial charge in [-0.25, -0.2) is 9.97 Å². The first kappa shape index (κ1) is 26.7. The van der Waals surface area contributed by atoms with Gasteiger partial charge in [-0.1, -0.05) is 103 Å². The summed E-state index contributed by atoms with van der Waals surface area (Å²) in [7, 11) is 0. The van der Waals surface area contributed by atoms with Crippen molar-refractivity contribution in [1.82, 2.24) is 19.1 Å². The van der Waals surface area contributed by atoms with Crippen LogP contribution >= 0.6 is 0 Å². The first-order valence-corrected chi connectivity index (χ1v) is 16.3. The molecular formula is C44H28N4. The van der Waals surface area contributed by atoms with Crippen LogP contribution in [0.15, 0.2) is 170 Å². The van der Waals surface area contributed by atoms with Gasteiger partial charge in [0.2, 0.25) is 0 Å². The third-order valence-electron chi connectivity index (χ3n) is 9.53. The molecule has 0 spiro atoms. The summed E-state index contributed by atoms with van der Waals surface area (Å²) in [5.74, 6) is 0.714. The first-order chi connectivity index (χ1) is 23.8. The highest BCUT2D eigenvalue weighted by Gasteiger charge is 2.18. The lowest BCUT2D eigenvalue weighted by Gasteiger charge is -2.13. The lowest BCUT2D eigenvalue weighted by Crippen LogP contribution is -1.99. The molecule has 0 atom stereocenters. The number of benzene rings is 7. The van der Waals surface area contributed by atoms with Gasteiger partial charge in [-0.15, -0.1) is 0 Å². The molecule has 3 heterocycles. The Hall–Kier alpha value is -6.52. The van der Waals surface area contributed by atoms with E-state index in [0.717, 1.165) is 39.1 Å². The number of fused-ring (bicyclic) bond motifs is 7. The van der Waals surface area contributed by atoms with Gasteiger partial charge in [-0.3, -0.25) is 0 Å². The van der Waals surface area contributed by atoms with E-state index >= 15 is 0 Å². The van der Waals surface area contributed by atoms with Crippen LogP contribution in [0.4, 0.5) is 0 Å². The molecule has 0 aliphatic heterocycles. The molecule has 0 saturated carbocycles. The molecule has 3 aromatic heterocycles. The average molecular weight is 613 g/mol. The predicted molar refractivity (Wildman–Crippen MR) is 199 cm³/mol. The summed E-state index contributed by atoms with van der Waals surface area (Å²) in [5, 5.41) is 7.13. The maximum Gasteiger partial charge on any atom is 0.160 e. The van der Waals surface area contributed by atoms with Gasteiger partial charge in [-0.2, -0.15) is 0 Å². The molecule has 0 saturated heterocycles. The Bertz CT molecular complexity index is 2820. The zero-order chi connectivity index (χ0) is 31.6. The number of hydrogen-bond acceptors (Lipinski definition) is 2. The topological polar surface area (TPSA) is 35.6 Å². The molecule has 0 amide bonds. The van der Waals surface area contributed by atoms with Gasteiger partial charge in [0, 0.05) is 50.2 Å². The van der Waals surface area contributed by atoms with E-state index in [1.165, 1.54) is 43.5 Å². The molecular weight excluding hydrogens is 585 g/mol. The summed E-state index contributed by atoms with van der Waals surface area (Å²) in [6, 6.07) is 58.0. The van der Waals surface area contributed by atoms with Crippen molar-refractivity contribution in [2.24, 2.45) is 0 Å². The highest BCUT2D eigenvalue weighted by Crippen LogP contribution is 2.38. The van der Waals surface area contributed by atoms with Crippen LogP contribution in [-0.2, 0) is 0 Å². The summed E-state index contributed by atoms with van der Waals surface area (Å²) >= 11 is 0. The Morgan fingerprint density at radius 3 is 2.00 bits per heavy atom. The minimum Gasteiger partial charge on any atom is -0.315 e. The van der Waals surface area contributed by atoms with Crippen molar-refractivity contribution in [1.29, 1.82) is 0 Å². The third-order valence-corrected chi connectivity index (χ3v) is 9.53. The fourth-order valence-corrected chi connectivity index (χ4v) is 7.27. The number of nitrogens with zero attached hydrogens (tertiary/aromatic N) is 4. The SMILES string of the molecule is c1ccc(-n2ccc3ccc4c5ccccc5n(-c5ccc(-c6nc(-c7ccc8ccccc8c7)c7ccccc7n6)cc5)c4c32)cc1. The van der Waals surface area contributed by atoms with Crippen molar-refractivity contribution in [2.45, 2.75) is 0 Å². The highest BCUT2D eigenvalue weighted by atomic mass is 15.0. The van der Waals surface area contributed by atoms with Crippen molar-refractivity contribution < 1.29 is 0 Å². The lowest BCUT2D eigenvalue weighted by molar-refractivity contribution is 1.11. The van der Waals surface area contributed by atoms with Crippen molar-refractivity contribution in [3.63, 3.8) is 0 Å². The number of hydrogen-bond donors (Lipinski definition) is 0. The van der Waals surface area contributed by atoms with E-state index in [9.17, 15) is 0 Å². The average Bonchev–Trinajstić information content (AvgIpc) is 3.74. The summed E-state index contributed by atoms with van der Waals surface area (Å²) in [5.41, 5.74) is 9.72. The predicted octanol–water partition coefficient (Wildman–Crippen LogP) is 11.2. The smallest absolute Gasteiger partial charge is 0.160 e. The molecule has 4 heteroatoms. The molecule has 48 heavy (non-hydrogen) atoms. The summed E-state index contributed by atoms with van der Waals surface area (Å²) in [6.45, 7) is 0. The molecule has 0 aliphatic rings. The lowest BCUT2D eigenvalue weighted by atomic mass is 10.0. The van der Waals surface area contributed by atoms with Crippen LogP contribution in [0.25, 0.3) is 88.4 Å². The van der Waals surface area contributed by atoms with Crippen LogP contribution in [0.5, 0.6) is 0 Å². The Morgan fingerprint density at radius 2 is 1.12 bits per heavy atom. The summed E-state index contributed by atoms with van der Waals surface area (Å²) in [4.78, 5) is 10.2. The molecule has 7 aromatic carbocycles. The molecule has 0 radical (unpaired) electrons. The Balaban J connectivity index is 1.16. The van der Waals surface area contributed by atoms with Gasteiger partial charge in [-0.05, 0) is 71.4 Å². The van der Waals surface area contributed by atoms with Crippen LogP contribution in [0.2, 0.25) is 0 Å². The zero-order valence-corrected chi connectivity index (χ0v) is 26.0. The second-order valence-electron chi connectivity index (χ2n) is 12.3. The molecule has 4 nitrogen and oxygen atoms in total. The normalized spacial score (nSPS) is 11.8. The quantitative estimate of drug-likeness (QED) is 0.198. The summed E-state index contributed by atoms with van der Waals surface area (Å²) in [6.07, 6.45) is 2.18. The zero-order valence-electron chi connectivity index (χ0n) is 26.0. The van der Waals surface area contributed by atoms with E-state index < -0.39 is 0 Å². The second-order valence-corrected chi connectivity index (χ2v) is 12.3. The van der Waals surface area contributed by atoms with Crippen LogP contribution in [0, 0.1) is 0 Å². The van der Waals surface area contributed by atoms with Crippen LogP contribution < -0.4 is 0 Å². The summed E-state index contributed by atoms with van der Waals surface area (Å²) < 4.78 is 4.70.